The molecule has 2 nitrogen and oxygen atoms in total. The molecule has 0 unspecified atom stereocenters. The van der Waals surface area contributed by atoms with E-state index in [-0.39, 0.29) is 12.7 Å². The Morgan fingerprint density at radius 2 is 2.56 bits per heavy atom. The predicted molar refractivity (Wildman–Crippen MR) is 35.3 cm³/mol. The molecule has 1 rings (SSSR count). The SMILES string of the molecule is CN1CCNC[C@@H]1CF. The van der Waals surface area contributed by atoms with Crippen LogP contribution in [0.5, 0.6) is 0 Å². The molecule has 1 aliphatic rings. The molecule has 1 N–H and O–H groups in total. The summed E-state index contributed by atoms with van der Waals surface area (Å²) in [7, 11) is 1.96. The number of nitrogens with one attached hydrogen (secondary N) is 1. The lowest BCUT2D eigenvalue weighted by Crippen LogP contribution is -2.50. The highest BCUT2D eigenvalue weighted by atomic mass is 19.1. The monoisotopic (exact) mass is 132 g/mol. The molecular formula is C6H13FN2. The molecule has 0 aromatic heterocycles. The Labute approximate surface area is 55.0 Å². The summed E-state index contributed by atoms with van der Waals surface area (Å²) in [6.07, 6.45) is 0. The van der Waals surface area contributed by atoms with Gasteiger partial charge in [-0.1, -0.05) is 0 Å². The summed E-state index contributed by atoms with van der Waals surface area (Å²) >= 11 is 0. The maximum Gasteiger partial charge on any atom is 0.106 e. The maximum absolute atomic E-state index is 12.0. The maximum atomic E-state index is 12.0. The molecule has 1 aliphatic heterocycles. The van der Waals surface area contributed by atoms with Crippen molar-refractivity contribution in [1.82, 2.24) is 10.2 Å². The summed E-state index contributed by atoms with van der Waals surface area (Å²) in [5, 5.41) is 3.13. The van der Waals surface area contributed by atoms with Crippen molar-refractivity contribution in [2.24, 2.45) is 0 Å². The Bertz CT molecular complexity index is 87.1. The Kier molecular flexibility index (Phi) is 2.42. The van der Waals surface area contributed by atoms with Crippen LogP contribution in [-0.4, -0.2) is 44.3 Å². The molecule has 0 saturated carbocycles. The van der Waals surface area contributed by atoms with Crippen LogP contribution in [0.1, 0.15) is 0 Å². The van der Waals surface area contributed by atoms with Gasteiger partial charge in [0.1, 0.15) is 6.67 Å². The molecule has 1 heterocycles. The lowest BCUT2D eigenvalue weighted by atomic mass is 10.2. The lowest BCUT2D eigenvalue weighted by Gasteiger charge is -2.30. The molecule has 54 valence electrons. The van der Waals surface area contributed by atoms with Crippen LogP contribution in [0.4, 0.5) is 4.39 Å². The number of rotatable bonds is 1. The van der Waals surface area contributed by atoms with Gasteiger partial charge in [0.25, 0.3) is 0 Å². The van der Waals surface area contributed by atoms with Gasteiger partial charge in [-0.15, -0.1) is 0 Å². The van der Waals surface area contributed by atoms with Gasteiger partial charge in [0.15, 0.2) is 0 Å². The third-order valence-corrected chi connectivity index (χ3v) is 1.82. The van der Waals surface area contributed by atoms with Crippen LogP contribution in [0.3, 0.4) is 0 Å². The normalized spacial score (nSPS) is 30.7. The summed E-state index contributed by atoms with van der Waals surface area (Å²) in [4.78, 5) is 2.05. The molecule has 1 saturated heterocycles. The van der Waals surface area contributed by atoms with Gasteiger partial charge in [-0.25, -0.2) is 4.39 Å². The Morgan fingerprint density at radius 1 is 1.78 bits per heavy atom. The van der Waals surface area contributed by atoms with Gasteiger partial charge in [-0.05, 0) is 7.05 Å². The van der Waals surface area contributed by atoms with Crippen molar-refractivity contribution in [3.8, 4) is 0 Å². The third kappa shape index (κ3) is 1.63. The molecule has 0 aromatic carbocycles. The van der Waals surface area contributed by atoms with E-state index < -0.39 is 0 Å². The first kappa shape index (κ1) is 6.96. The third-order valence-electron chi connectivity index (χ3n) is 1.82. The number of hydrogen-bond acceptors (Lipinski definition) is 2. The minimum Gasteiger partial charge on any atom is -0.314 e. The van der Waals surface area contributed by atoms with Crippen LogP contribution in [-0.2, 0) is 0 Å². The fourth-order valence-electron chi connectivity index (χ4n) is 1.03. The first-order valence-corrected chi connectivity index (χ1v) is 3.31. The van der Waals surface area contributed by atoms with Crippen LogP contribution in [0.25, 0.3) is 0 Å². The molecule has 0 radical (unpaired) electrons. The van der Waals surface area contributed by atoms with E-state index in [2.05, 4.69) is 10.2 Å². The minimum absolute atomic E-state index is 0.110. The van der Waals surface area contributed by atoms with Gasteiger partial charge in [0.2, 0.25) is 0 Å². The zero-order valence-electron chi connectivity index (χ0n) is 5.73. The molecule has 1 fully saturated rings. The first-order valence-electron chi connectivity index (χ1n) is 3.31. The number of hydrogen-bond donors (Lipinski definition) is 1. The van der Waals surface area contributed by atoms with Gasteiger partial charge < -0.3 is 5.32 Å². The van der Waals surface area contributed by atoms with Crippen molar-refractivity contribution in [3.63, 3.8) is 0 Å². The number of alkyl halides is 1. The second kappa shape index (κ2) is 3.13. The quantitative estimate of drug-likeness (QED) is 0.534. The van der Waals surface area contributed by atoms with E-state index >= 15 is 0 Å². The van der Waals surface area contributed by atoms with E-state index in [1.54, 1.807) is 0 Å². The highest BCUT2D eigenvalue weighted by molar-refractivity contribution is 4.75. The van der Waals surface area contributed by atoms with Crippen LogP contribution in [0.15, 0.2) is 0 Å². The van der Waals surface area contributed by atoms with E-state index in [1.165, 1.54) is 0 Å². The fourth-order valence-corrected chi connectivity index (χ4v) is 1.03. The standard InChI is InChI=1S/C6H13FN2/c1-9-3-2-8-5-6(9)4-7/h6,8H,2-5H2,1H3/t6-/m0/s1. The van der Waals surface area contributed by atoms with E-state index in [0.29, 0.717) is 0 Å². The second-order valence-corrected chi connectivity index (χ2v) is 2.49. The van der Waals surface area contributed by atoms with E-state index in [1.807, 2.05) is 7.05 Å². The first-order chi connectivity index (χ1) is 4.34. The molecule has 0 amide bonds. The van der Waals surface area contributed by atoms with Crippen molar-refractivity contribution in [2.75, 3.05) is 33.4 Å². The van der Waals surface area contributed by atoms with Gasteiger partial charge >= 0.3 is 0 Å². The number of nitrogens with zero attached hydrogens (tertiary/aromatic N) is 1. The van der Waals surface area contributed by atoms with E-state index in [0.717, 1.165) is 19.6 Å². The summed E-state index contributed by atoms with van der Waals surface area (Å²) in [6.45, 7) is 2.53. The number of piperazine rings is 1. The average Bonchev–Trinajstić information content (AvgIpc) is 1.89. The number of likely N-dealkylation sites (N-methyl/N-ethyl adjacent to an activating group) is 1. The fraction of sp³-hybridized carbons (Fsp3) is 1.00. The van der Waals surface area contributed by atoms with Crippen LogP contribution < -0.4 is 5.32 Å². The average molecular weight is 132 g/mol. The molecule has 0 spiro atoms. The molecule has 3 heteroatoms. The van der Waals surface area contributed by atoms with Crippen molar-refractivity contribution < 1.29 is 4.39 Å². The van der Waals surface area contributed by atoms with Crippen molar-refractivity contribution in [1.29, 1.82) is 0 Å². The Balaban J connectivity index is 2.30. The molecule has 0 aromatic rings. The smallest absolute Gasteiger partial charge is 0.106 e. The van der Waals surface area contributed by atoms with Crippen molar-refractivity contribution in [3.05, 3.63) is 0 Å². The topological polar surface area (TPSA) is 15.3 Å². The van der Waals surface area contributed by atoms with E-state index in [9.17, 15) is 4.39 Å². The lowest BCUT2D eigenvalue weighted by molar-refractivity contribution is 0.168. The van der Waals surface area contributed by atoms with Crippen LogP contribution >= 0.6 is 0 Å². The molecule has 9 heavy (non-hydrogen) atoms. The van der Waals surface area contributed by atoms with Crippen molar-refractivity contribution in [2.45, 2.75) is 6.04 Å². The summed E-state index contributed by atoms with van der Waals surface area (Å²) in [5.41, 5.74) is 0. The Hall–Kier alpha value is -0.150. The highest BCUT2D eigenvalue weighted by Crippen LogP contribution is 1.98. The van der Waals surface area contributed by atoms with Gasteiger partial charge in [0.05, 0.1) is 6.04 Å². The summed E-state index contributed by atoms with van der Waals surface area (Å²) < 4.78 is 12.0. The zero-order chi connectivity index (χ0) is 6.69. The minimum atomic E-state index is -0.233. The van der Waals surface area contributed by atoms with E-state index in [4.69, 9.17) is 0 Å². The van der Waals surface area contributed by atoms with Crippen LogP contribution in [0.2, 0.25) is 0 Å². The Morgan fingerprint density at radius 3 is 3.00 bits per heavy atom. The van der Waals surface area contributed by atoms with Gasteiger partial charge in [-0.3, -0.25) is 4.90 Å². The molecule has 0 bridgehead atoms. The van der Waals surface area contributed by atoms with Gasteiger partial charge in [0, 0.05) is 19.6 Å². The second-order valence-electron chi connectivity index (χ2n) is 2.49. The van der Waals surface area contributed by atoms with Gasteiger partial charge in [-0.2, -0.15) is 0 Å². The predicted octanol–water partition coefficient (Wildman–Crippen LogP) is -0.141. The van der Waals surface area contributed by atoms with Crippen molar-refractivity contribution >= 4 is 0 Å². The molecule has 0 aliphatic carbocycles. The largest absolute Gasteiger partial charge is 0.314 e. The number of halogens is 1. The van der Waals surface area contributed by atoms with Crippen LogP contribution in [0, 0.1) is 0 Å². The highest BCUT2D eigenvalue weighted by Gasteiger charge is 2.16. The molecule has 1 atom stereocenters. The molecular weight excluding hydrogens is 119 g/mol. The summed E-state index contributed by atoms with van der Waals surface area (Å²) in [6, 6.07) is 0.110. The zero-order valence-corrected chi connectivity index (χ0v) is 5.73. The summed E-state index contributed by atoms with van der Waals surface area (Å²) in [5.74, 6) is 0.